The fraction of sp³-hybridized carbons (Fsp3) is 0.682. The molecule has 0 amide bonds. The molecule has 4 heteroatoms. The minimum atomic E-state index is -0.294. The SMILES string of the molecule is CCCCCOC(=O)c1ccc(OCCCCC)c(OCCCCC)c1. The van der Waals surface area contributed by atoms with E-state index in [0.29, 0.717) is 36.9 Å². The Morgan fingerprint density at radius 1 is 0.731 bits per heavy atom. The Morgan fingerprint density at radius 2 is 1.27 bits per heavy atom. The van der Waals surface area contributed by atoms with Gasteiger partial charge in [0.1, 0.15) is 0 Å². The average molecular weight is 365 g/mol. The van der Waals surface area contributed by atoms with Crippen LogP contribution in [0, 0.1) is 0 Å². The van der Waals surface area contributed by atoms with Crippen LogP contribution < -0.4 is 9.47 Å². The van der Waals surface area contributed by atoms with Crippen molar-refractivity contribution in [3.8, 4) is 11.5 Å². The normalized spacial score (nSPS) is 10.6. The molecule has 0 bridgehead atoms. The van der Waals surface area contributed by atoms with Crippen molar-refractivity contribution >= 4 is 5.97 Å². The van der Waals surface area contributed by atoms with E-state index < -0.39 is 0 Å². The van der Waals surface area contributed by atoms with Crippen LogP contribution in [0.4, 0.5) is 0 Å². The van der Waals surface area contributed by atoms with E-state index in [2.05, 4.69) is 20.8 Å². The first kappa shape index (κ1) is 22.3. The van der Waals surface area contributed by atoms with Crippen molar-refractivity contribution in [3.63, 3.8) is 0 Å². The molecule has 0 fully saturated rings. The second-order valence-electron chi connectivity index (χ2n) is 6.62. The Kier molecular flexibility index (Phi) is 12.4. The molecular formula is C22H36O4. The molecule has 1 rings (SSSR count). The largest absolute Gasteiger partial charge is 0.490 e. The van der Waals surface area contributed by atoms with Gasteiger partial charge in [-0.05, 0) is 37.5 Å². The van der Waals surface area contributed by atoms with Gasteiger partial charge in [0.2, 0.25) is 0 Å². The van der Waals surface area contributed by atoms with Crippen molar-refractivity contribution in [3.05, 3.63) is 23.8 Å². The minimum Gasteiger partial charge on any atom is -0.490 e. The number of unbranched alkanes of at least 4 members (excludes halogenated alkanes) is 6. The van der Waals surface area contributed by atoms with E-state index in [9.17, 15) is 4.79 Å². The first-order chi connectivity index (χ1) is 12.7. The molecule has 148 valence electrons. The molecule has 0 aliphatic carbocycles. The zero-order chi connectivity index (χ0) is 19.0. The summed E-state index contributed by atoms with van der Waals surface area (Å²) >= 11 is 0. The van der Waals surface area contributed by atoms with E-state index in [4.69, 9.17) is 14.2 Å². The summed E-state index contributed by atoms with van der Waals surface area (Å²) in [6.07, 6.45) is 9.69. The molecular weight excluding hydrogens is 328 g/mol. The molecule has 0 heterocycles. The molecule has 0 atom stereocenters. The van der Waals surface area contributed by atoms with Gasteiger partial charge < -0.3 is 14.2 Å². The summed E-state index contributed by atoms with van der Waals surface area (Å²) in [6.45, 7) is 8.23. The Bertz CT molecular complexity index is 499. The topological polar surface area (TPSA) is 44.8 Å². The molecule has 0 aliphatic heterocycles. The van der Waals surface area contributed by atoms with Crippen molar-refractivity contribution in [2.24, 2.45) is 0 Å². The Balaban J connectivity index is 2.68. The van der Waals surface area contributed by atoms with Gasteiger partial charge in [0.25, 0.3) is 0 Å². The zero-order valence-corrected chi connectivity index (χ0v) is 16.9. The molecule has 0 radical (unpaired) electrons. The first-order valence-corrected chi connectivity index (χ1v) is 10.3. The van der Waals surface area contributed by atoms with Gasteiger partial charge in [-0.2, -0.15) is 0 Å². The van der Waals surface area contributed by atoms with Gasteiger partial charge in [0.15, 0.2) is 11.5 Å². The van der Waals surface area contributed by atoms with Crippen molar-refractivity contribution < 1.29 is 19.0 Å². The standard InChI is InChI=1S/C22H36O4/c1-4-7-10-15-24-20-14-13-19(22(23)26-17-12-9-6-3)18-21(20)25-16-11-8-5-2/h13-14,18H,4-12,15-17H2,1-3H3. The number of carbonyl (C=O) groups excluding carboxylic acids is 1. The van der Waals surface area contributed by atoms with Crippen molar-refractivity contribution in [2.75, 3.05) is 19.8 Å². The molecule has 0 unspecified atom stereocenters. The van der Waals surface area contributed by atoms with Gasteiger partial charge in [0, 0.05) is 0 Å². The summed E-state index contributed by atoms with van der Waals surface area (Å²) in [5.74, 6) is 1.05. The Hall–Kier alpha value is -1.71. The molecule has 0 saturated carbocycles. The van der Waals surface area contributed by atoms with Crippen molar-refractivity contribution in [1.82, 2.24) is 0 Å². The maximum Gasteiger partial charge on any atom is 0.338 e. The lowest BCUT2D eigenvalue weighted by molar-refractivity contribution is 0.0497. The molecule has 0 aliphatic rings. The van der Waals surface area contributed by atoms with Crippen LogP contribution in [0.25, 0.3) is 0 Å². The number of carbonyl (C=O) groups is 1. The van der Waals surface area contributed by atoms with Crippen LogP contribution in [-0.4, -0.2) is 25.8 Å². The maximum absolute atomic E-state index is 12.2. The highest BCUT2D eigenvalue weighted by Gasteiger charge is 2.13. The molecule has 4 nitrogen and oxygen atoms in total. The van der Waals surface area contributed by atoms with Crippen LogP contribution in [0.3, 0.4) is 0 Å². The second kappa shape index (κ2) is 14.5. The number of hydrogen-bond acceptors (Lipinski definition) is 4. The molecule has 0 aromatic heterocycles. The highest BCUT2D eigenvalue weighted by atomic mass is 16.5. The number of rotatable bonds is 15. The molecule has 0 saturated heterocycles. The fourth-order valence-corrected chi connectivity index (χ4v) is 2.54. The highest BCUT2D eigenvalue weighted by molar-refractivity contribution is 5.90. The van der Waals surface area contributed by atoms with E-state index in [1.165, 1.54) is 0 Å². The third-order valence-corrected chi connectivity index (χ3v) is 4.17. The average Bonchev–Trinajstić information content (AvgIpc) is 2.66. The highest BCUT2D eigenvalue weighted by Crippen LogP contribution is 2.29. The van der Waals surface area contributed by atoms with E-state index >= 15 is 0 Å². The summed E-state index contributed by atoms with van der Waals surface area (Å²) in [5, 5.41) is 0. The van der Waals surface area contributed by atoms with Gasteiger partial charge >= 0.3 is 5.97 Å². The quantitative estimate of drug-likeness (QED) is 0.276. The van der Waals surface area contributed by atoms with Gasteiger partial charge in [-0.1, -0.05) is 59.3 Å². The zero-order valence-electron chi connectivity index (χ0n) is 16.9. The first-order valence-electron chi connectivity index (χ1n) is 10.3. The van der Waals surface area contributed by atoms with Crippen molar-refractivity contribution in [2.45, 2.75) is 78.6 Å². The van der Waals surface area contributed by atoms with Gasteiger partial charge in [-0.15, -0.1) is 0 Å². The monoisotopic (exact) mass is 364 g/mol. The lowest BCUT2D eigenvalue weighted by atomic mass is 10.2. The predicted molar refractivity (Wildman–Crippen MR) is 106 cm³/mol. The fourth-order valence-electron chi connectivity index (χ4n) is 2.54. The summed E-state index contributed by atoms with van der Waals surface area (Å²) in [5.41, 5.74) is 0.521. The van der Waals surface area contributed by atoms with Gasteiger partial charge in [-0.3, -0.25) is 0 Å². The van der Waals surface area contributed by atoms with E-state index in [1.807, 2.05) is 6.07 Å². The third-order valence-electron chi connectivity index (χ3n) is 4.17. The summed E-state index contributed by atoms with van der Waals surface area (Å²) in [6, 6.07) is 5.34. The summed E-state index contributed by atoms with van der Waals surface area (Å²) in [7, 11) is 0. The minimum absolute atomic E-state index is 0.294. The van der Waals surface area contributed by atoms with Gasteiger partial charge in [0.05, 0.1) is 25.4 Å². The van der Waals surface area contributed by atoms with Crippen LogP contribution in [-0.2, 0) is 4.74 Å². The van der Waals surface area contributed by atoms with Crippen LogP contribution >= 0.6 is 0 Å². The van der Waals surface area contributed by atoms with E-state index in [1.54, 1.807) is 12.1 Å². The van der Waals surface area contributed by atoms with E-state index in [-0.39, 0.29) is 5.97 Å². The van der Waals surface area contributed by atoms with Crippen LogP contribution in [0.5, 0.6) is 11.5 Å². The predicted octanol–water partition coefficient (Wildman–Crippen LogP) is 6.17. The Morgan fingerprint density at radius 3 is 1.85 bits per heavy atom. The number of benzene rings is 1. The molecule has 0 spiro atoms. The lowest BCUT2D eigenvalue weighted by Crippen LogP contribution is -2.08. The lowest BCUT2D eigenvalue weighted by Gasteiger charge is -2.14. The number of ether oxygens (including phenoxy) is 3. The van der Waals surface area contributed by atoms with Crippen LogP contribution in [0.1, 0.15) is 88.9 Å². The van der Waals surface area contributed by atoms with Crippen molar-refractivity contribution in [1.29, 1.82) is 0 Å². The maximum atomic E-state index is 12.2. The number of hydrogen-bond donors (Lipinski definition) is 0. The molecule has 1 aromatic rings. The number of esters is 1. The van der Waals surface area contributed by atoms with Crippen LogP contribution in [0.15, 0.2) is 18.2 Å². The second-order valence-corrected chi connectivity index (χ2v) is 6.62. The van der Waals surface area contributed by atoms with E-state index in [0.717, 1.165) is 57.8 Å². The summed E-state index contributed by atoms with van der Waals surface area (Å²) in [4.78, 5) is 12.2. The third kappa shape index (κ3) is 9.12. The smallest absolute Gasteiger partial charge is 0.338 e. The molecule has 26 heavy (non-hydrogen) atoms. The summed E-state index contributed by atoms with van der Waals surface area (Å²) < 4.78 is 17.1. The molecule has 0 N–H and O–H groups in total. The van der Waals surface area contributed by atoms with Crippen LogP contribution in [0.2, 0.25) is 0 Å². The molecule has 1 aromatic carbocycles. The van der Waals surface area contributed by atoms with Gasteiger partial charge in [-0.25, -0.2) is 4.79 Å². The Labute approximate surface area is 159 Å².